The van der Waals surface area contributed by atoms with E-state index in [1.54, 1.807) is 6.92 Å². The highest BCUT2D eigenvalue weighted by atomic mass is 19.4. The first-order valence-corrected chi connectivity index (χ1v) is 7.64. The van der Waals surface area contributed by atoms with E-state index in [-0.39, 0.29) is 11.6 Å². The number of halogens is 3. The molecular weight excluding hydrogens is 325 g/mol. The van der Waals surface area contributed by atoms with E-state index in [9.17, 15) is 27.9 Å². The molecule has 1 aromatic carbocycles. The summed E-state index contributed by atoms with van der Waals surface area (Å²) in [4.78, 5) is 25.4. The quantitative estimate of drug-likeness (QED) is 0.809. The van der Waals surface area contributed by atoms with Crippen LogP contribution in [0.2, 0.25) is 0 Å². The van der Waals surface area contributed by atoms with Gasteiger partial charge in [-0.3, -0.25) is 9.59 Å². The second-order valence-corrected chi connectivity index (χ2v) is 5.90. The van der Waals surface area contributed by atoms with Crippen LogP contribution in [0.1, 0.15) is 25.3 Å². The molecule has 0 aliphatic carbocycles. The molecule has 0 saturated carbocycles. The summed E-state index contributed by atoms with van der Waals surface area (Å²) < 4.78 is 37.4. The van der Waals surface area contributed by atoms with Gasteiger partial charge in [0.15, 0.2) is 0 Å². The molecule has 0 radical (unpaired) electrons. The van der Waals surface area contributed by atoms with Gasteiger partial charge in [-0.2, -0.15) is 13.2 Å². The molecule has 24 heavy (non-hydrogen) atoms. The Kier molecular flexibility index (Phi) is 5.48. The van der Waals surface area contributed by atoms with Crippen molar-refractivity contribution < 1.29 is 27.9 Å². The van der Waals surface area contributed by atoms with Gasteiger partial charge in [-0.15, -0.1) is 0 Å². The first kappa shape index (κ1) is 18.3. The molecule has 1 aromatic rings. The van der Waals surface area contributed by atoms with Crippen molar-refractivity contribution in [3.63, 3.8) is 0 Å². The molecule has 8 heteroatoms. The van der Waals surface area contributed by atoms with Crippen molar-refractivity contribution in [2.75, 3.05) is 18.4 Å². The highest BCUT2D eigenvalue weighted by Crippen LogP contribution is 2.29. The van der Waals surface area contributed by atoms with E-state index in [0.29, 0.717) is 25.9 Å². The minimum absolute atomic E-state index is 0.104. The highest BCUT2D eigenvalue weighted by Gasteiger charge is 2.31. The molecule has 1 atom stereocenters. The molecule has 0 bridgehead atoms. The van der Waals surface area contributed by atoms with Gasteiger partial charge in [0, 0.05) is 18.8 Å². The third-order valence-corrected chi connectivity index (χ3v) is 4.17. The van der Waals surface area contributed by atoms with E-state index in [4.69, 9.17) is 0 Å². The van der Waals surface area contributed by atoms with Gasteiger partial charge in [-0.1, -0.05) is 0 Å². The van der Waals surface area contributed by atoms with Crippen molar-refractivity contribution in [3.8, 4) is 0 Å². The molecule has 1 fully saturated rings. The van der Waals surface area contributed by atoms with Crippen LogP contribution in [-0.4, -0.2) is 41.0 Å². The third-order valence-electron chi connectivity index (χ3n) is 4.17. The zero-order valence-electron chi connectivity index (χ0n) is 13.1. The number of nitrogens with one attached hydrogen (secondary N) is 1. The van der Waals surface area contributed by atoms with Crippen LogP contribution in [0.5, 0.6) is 0 Å². The van der Waals surface area contributed by atoms with E-state index in [1.165, 1.54) is 4.90 Å². The van der Waals surface area contributed by atoms with E-state index < -0.39 is 29.7 Å². The molecule has 1 unspecified atom stereocenters. The zero-order valence-corrected chi connectivity index (χ0v) is 13.1. The number of likely N-dealkylation sites (tertiary alicyclic amines) is 1. The lowest BCUT2D eigenvalue weighted by Crippen LogP contribution is -2.45. The van der Waals surface area contributed by atoms with Crippen molar-refractivity contribution in [2.45, 2.75) is 32.0 Å². The number of amides is 2. The van der Waals surface area contributed by atoms with E-state index in [1.807, 2.05) is 0 Å². The Morgan fingerprint density at radius 1 is 1.21 bits per heavy atom. The van der Waals surface area contributed by atoms with E-state index in [0.717, 1.165) is 24.3 Å². The van der Waals surface area contributed by atoms with Gasteiger partial charge in [0.1, 0.15) is 0 Å². The number of nitrogens with zero attached hydrogens (tertiary/aromatic N) is 1. The summed E-state index contributed by atoms with van der Waals surface area (Å²) in [6, 6.07) is 3.89. The van der Waals surface area contributed by atoms with Crippen LogP contribution < -0.4 is 5.32 Å². The summed E-state index contributed by atoms with van der Waals surface area (Å²) in [7, 11) is 0. The minimum Gasteiger partial charge on any atom is -0.393 e. The maximum absolute atomic E-state index is 12.5. The van der Waals surface area contributed by atoms with Crippen LogP contribution >= 0.6 is 0 Å². The SMILES string of the molecule is CC(O)C1CCN(C(=O)C(=O)Nc2ccc(C(F)(F)F)cc2)CC1. The smallest absolute Gasteiger partial charge is 0.393 e. The molecule has 1 saturated heterocycles. The van der Waals surface area contributed by atoms with Crippen LogP contribution in [0.3, 0.4) is 0 Å². The standard InChI is InChI=1S/C16H19F3N2O3/c1-10(22)11-6-8-21(9-7-11)15(24)14(23)20-13-4-2-12(3-5-13)16(17,18)19/h2-5,10-11,22H,6-9H2,1H3,(H,20,23). The normalized spacial score (nSPS) is 17.5. The Labute approximate surface area is 137 Å². The molecule has 1 heterocycles. The molecule has 1 aliphatic rings. The number of hydrogen-bond donors (Lipinski definition) is 2. The van der Waals surface area contributed by atoms with Crippen molar-refractivity contribution in [2.24, 2.45) is 5.92 Å². The van der Waals surface area contributed by atoms with Crippen LogP contribution in [0.4, 0.5) is 18.9 Å². The maximum atomic E-state index is 12.5. The largest absolute Gasteiger partial charge is 0.416 e. The molecule has 0 aromatic heterocycles. The third kappa shape index (κ3) is 4.47. The highest BCUT2D eigenvalue weighted by molar-refractivity contribution is 6.39. The molecule has 2 amide bonds. The average molecular weight is 344 g/mol. The van der Waals surface area contributed by atoms with Crippen LogP contribution in [0.15, 0.2) is 24.3 Å². The number of alkyl halides is 3. The maximum Gasteiger partial charge on any atom is 0.416 e. The van der Waals surface area contributed by atoms with Gasteiger partial charge >= 0.3 is 18.0 Å². The molecular formula is C16H19F3N2O3. The number of carbonyl (C=O) groups is 2. The number of rotatable bonds is 2. The van der Waals surface area contributed by atoms with Gasteiger partial charge in [0.25, 0.3) is 0 Å². The van der Waals surface area contributed by atoms with Gasteiger partial charge < -0.3 is 15.3 Å². The second-order valence-electron chi connectivity index (χ2n) is 5.90. The lowest BCUT2D eigenvalue weighted by Gasteiger charge is -2.32. The number of aliphatic hydroxyl groups excluding tert-OH is 1. The van der Waals surface area contributed by atoms with E-state index in [2.05, 4.69) is 5.32 Å². The molecule has 5 nitrogen and oxygen atoms in total. The number of aliphatic hydroxyl groups is 1. The molecule has 1 aliphatic heterocycles. The Morgan fingerprint density at radius 3 is 2.21 bits per heavy atom. The Bertz CT molecular complexity index is 592. The Morgan fingerprint density at radius 2 is 1.75 bits per heavy atom. The molecule has 0 spiro atoms. The van der Waals surface area contributed by atoms with Gasteiger partial charge in [0.05, 0.1) is 11.7 Å². The minimum atomic E-state index is -4.45. The monoisotopic (exact) mass is 344 g/mol. The van der Waals surface area contributed by atoms with Gasteiger partial charge in [-0.25, -0.2) is 0 Å². The number of piperidine rings is 1. The van der Waals surface area contributed by atoms with Gasteiger partial charge in [0.2, 0.25) is 0 Å². The number of hydrogen-bond acceptors (Lipinski definition) is 3. The summed E-state index contributed by atoms with van der Waals surface area (Å²) in [6.45, 7) is 2.43. The second kappa shape index (κ2) is 7.21. The lowest BCUT2D eigenvalue weighted by molar-refractivity contribution is -0.144. The van der Waals surface area contributed by atoms with E-state index >= 15 is 0 Å². The Balaban J connectivity index is 1.91. The predicted octanol–water partition coefficient (Wildman–Crippen LogP) is 2.26. The number of benzene rings is 1. The summed E-state index contributed by atoms with van der Waals surface area (Å²) in [6.07, 6.45) is -3.69. The van der Waals surface area contributed by atoms with Crippen LogP contribution in [0, 0.1) is 5.92 Å². The zero-order chi connectivity index (χ0) is 17.9. The number of anilines is 1. The van der Waals surface area contributed by atoms with Crippen molar-refractivity contribution in [1.29, 1.82) is 0 Å². The predicted molar refractivity (Wildman–Crippen MR) is 81.1 cm³/mol. The summed E-state index contributed by atoms with van der Waals surface area (Å²) >= 11 is 0. The van der Waals surface area contributed by atoms with Gasteiger partial charge in [-0.05, 0) is 49.9 Å². The van der Waals surface area contributed by atoms with Crippen molar-refractivity contribution in [3.05, 3.63) is 29.8 Å². The summed E-state index contributed by atoms with van der Waals surface area (Å²) in [5.74, 6) is -1.50. The topological polar surface area (TPSA) is 69.6 Å². The Hall–Kier alpha value is -2.09. The molecule has 2 rings (SSSR count). The fourth-order valence-corrected chi connectivity index (χ4v) is 2.66. The first-order chi connectivity index (χ1) is 11.2. The fourth-order valence-electron chi connectivity index (χ4n) is 2.66. The molecule has 132 valence electrons. The van der Waals surface area contributed by atoms with Crippen molar-refractivity contribution >= 4 is 17.5 Å². The first-order valence-electron chi connectivity index (χ1n) is 7.64. The van der Waals surface area contributed by atoms with Crippen LogP contribution in [0.25, 0.3) is 0 Å². The molecule has 2 N–H and O–H groups in total. The number of carbonyl (C=O) groups excluding carboxylic acids is 2. The average Bonchev–Trinajstić information content (AvgIpc) is 2.54. The lowest BCUT2D eigenvalue weighted by atomic mass is 9.92. The summed E-state index contributed by atoms with van der Waals surface area (Å²) in [5.41, 5.74) is -0.702. The summed E-state index contributed by atoms with van der Waals surface area (Å²) in [5, 5.41) is 11.8. The fraction of sp³-hybridized carbons (Fsp3) is 0.500. The van der Waals surface area contributed by atoms with Crippen LogP contribution in [-0.2, 0) is 15.8 Å². The van der Waals surface area contributed by atoms with Crippen molar-refractivity contribution in [1.82, 2.24) is 4.90 Å².